The quantitative estimate of drug-likeness (QED) is 0.672. The van der Waals surface area contributed by atoms with Crippen LogP contribution in [0, 0.1) is 6.92 Å². The predicted octanol–water partition coefficient (Wildman–Crippen LogP) is 1.06. The second kappa shape index (κ2) is 3.40. The highest BCUT2D eigenvalue weighted by atomic mass is 16.5. The molecule has 0 spiro atoms. The van der Waals surface area contributed by atoms with Crippen LogP contribution in [-0.4, -0.2) is 27.5 Å². The highest BCUT2D eigenvalue weighted by molar-refractivity contribution is 5.73. The predicted molar refractivity (Wildman–Crippen MR) is 48.4 cm³/mol. The minimum absolute atomic E-state index is 0.00583. The summed E-state index contributed by atoms with van der Waals surface area (Å²) in [6, 6.07) is -0.00583. The van der Waals surface area contributed by atoms with Crippen molar-refractivity contribution < 1.29 is 9.32 Å². The molecule has 1 aliphatic rings. The molecule has 0 bridgehead atoms. The molecule has 5 nitrogen and oxygen atoms in total. The molecule has 76 valence electrons. The Morgan fingerprint density at radius 1 is 1.64 bits per heavy atom. The summed E-state index contributed by atoms with van der Waals surface area (Å²) in [6.07, 6.45) is 1.92. The number of carbonyl (C=O) groups is 1. The topological polar surface area (TPSA) is 59.2 Å². The van der Waals surface area contributed by atoms with Crippen molar-refractivity contribution in [1.82, 2.24) is 15.0 Å². The van der Waals surface area contributed by atoms with Crippen molar-refractivity contribution in [2.24, 2.45) is 0 Å². The Morgan fingerprint density at radius 3 is 3.00 bits per heavy atom. The van der Waals surface area contributed by atoms with Gasteiger partial charge in [0.1, 0.15) is 6.04 Å². The second-order valence-electron chi connectivity index (χ2n) is 3.55. The van der Waals surface area contributed by atoms with Gasteiger partial charge in [0.2, 0.25) is 11.8 Å². The molecular weight excluding hydrogens is 182 g/mol. The maximum atomic E-state index is 11.3. The number of hydrogen-bond acceptors (Lipinski definition) is 4. The Kier molecular flexibility index (Phi) is 2.23. The highest BCUT2D eigenvalue weighted by Crippen LogP contribution is 2.30. The molecule has 1 aromatic rings. The zero-order valence-electron chi connectivity index (χ0n) is 8.36. The zero-order valence-corrected chi connectivity index (χ0v) is 8.36. The van der Waals surface area contributed by atoms with Gasteiger partial charge in [0, 0.05) is 13.5 Å². The fourth-order valence-corrected chi connectivity index (χ4v) is 1.85. The third-order valence-corrected chi connectivity index (χ3v) is 2.49. The van der Waals surface area contributed by atoms with Gasteiger partial charge in [-0.3, -0.25) is 4.79 Å². The van der Waals surface area contributed by atoms with Gasteiger partial charge in [0.05, 0.1) is 0 Å². The standard InChI is InChI=1S/C9H13N3O2/c1-6-10-9(14-11-6)8-4-3-5-12(8)7(2)13/h8H,3-5H2,1-2H3. The Hall–Kier alpha value is -1.39. The first kappa shape index (κ1) is 9.18. The molecule has 0 aliphatic carbocycles. The number of aromatic nitrogens is 2. The molecule has 2 rings (SSSR count). The molecule has 0 N–H and O–H groups in total. The molecule has 5 heteroatoms. The summed E-state index contributed by atoms with van der Waals surface area (Å²) in [6.45, 7) is 4.14. The molecule has 1 fully saturated rings. The summed E-state index contributed by atoms with van der Waals surface area (Å²) in [4.78, 5) is 17.2. The Labute approximate surface area is 82.1 Å². The monoisotopic (exact) mass is 195 g/mol. The molecule has 1 unspecified atom stereocenters. The average molecular weight is 195 g/mol. The van der Waals surface area contributed by atoms with E-state index in [1.54, 1.807) is 18.7 Å². The van der Waals surface area contributed by atoms with Gasteiger partial charge in [0.15, 0.2) is 5.82 Å². The van der Waals surface area contributed by atoms with Crippen molar-refractivity contribution in [2.75, 3.05) is 6.54 Å². The number of nitrogens with zero attached hydrogens (tertiary/aromatic N) is 3. The molecule has 1 atom stereocenters. The van der Waals surface area contributed by atoms with E-state index in [4.69, 9.17) is 4.52 Å². The van der Waals surface area contributed by atoms with Crippen LogP contribution < -0.4 is 0 Å². The van der Waals surface area contributed by atoms with Crippen LogP contribution in [0.1, 0.15) is 37.5 Å². The molecule has 2 heterocycles. The van der Waals surface area contributed by atoms with Crippen molar-refractivity contribution >= 4 is 5.91 Å². The maximum absolute atomic E-state index is 11.3. The van der Waals surface area contributed by atoms with Crippen LogP contribution in [0.25, 0.3) is 0 Å². The van der Waals surface area contributed by atoms with Crippen LogP contribution in [-0.2, 0) is 4.79 Å². The second-order valence-corrected chi connectivity index (χ2v) is 3.55. The average Bonchev–Trinajstić information content (AvgIpc) is 2.70. The Balaban J connectivity index is 2.21. The van der Waals surface area contributed by atoms with Crippen LogP contribution in [0.15, 0.2) is 4.52 Å². The van der Waals surface area contributed by atoms with Crippen LogP contribution in [0.4, 0.5) is 0 Å². The summed E-state index contributed by atoms with van der Waals surface area (Å²) in [5.74, 6) is 1.26. The summed E-state index contributed by atoms with van der Waals surface area (Å²) in [5.41, 5.74) is 0. The van der Waals surface area contributed by atoms with Crippen molar-refractivity contribution in [2.45, 2.75) is 32.7 Å². The molecular formula is C9H13N3O2. The maximum Gasteiger partial charge on any atom is 0.249 e. The Morgan fingerprint density at radius 2 is 2.43 bits per heavy atom. The van der Waals surface area contributed by atoms with E-state index in [1.165, 1.54) is 0 Å². The lowest BCUT2D eigenvalue weighted by molar-refractivity contribution is -0.130. The number of carbonyl (C=O) groups excluding carboxylic acids is 1. The van der Waals surface area contributed by atoms with E-state index in [9.17, 15) is 4.79 Å². The van der Waals surface area contributed by atoms with Gasteiger partial charge >= 0.3 is 0 Å². The van der Waals surface area contributed by atoms with Crippen LogP contribution >= 0.6 is 0 Å². The lowest BCUT2D eigenvalue weighted by Gasteiger charge is -2.19. The van der Waals surface area contributed by atoms with Gasteiger partial charge in [-0.1, -0.05) is 5.16 Å². The molecule has 14 heavy (non-hydrogen) atoms. The fourth-order valence-electron chi connectivity index (χ4n) is 1.85. The first-order chi connectivity index (χ1) is 6.68. The van der Waals surface area contributed by atoms with E-state index < -0.39 is 0 Å². The van der Waals surface area contributed by atoms with Gasteiger partial charge in [-0.15, -0.1) is 0 Å². The van der Waals surface area contributed by atoms with Crippen molar-refractivity contribution in [3.63, 3.8) is 0 Å². The molecule has 1 saturated heterocycles. The smallest absolute Gasteiger partial charge is 0.249 e. The van der Waals surface area contributed by atoms with Gasteiger partial charge in [-0.25, -0.2) is 0 Å². The van der Waals surface area contributed by atoms with Crippen LogP contribution in [0.3, 0.4) is 0 Å². The molecule has 0 radical (unpaired) electrons. The minimum Gasteiger partial charge on any atom is -0.337 e. The van der Waals surface area contributed by atoms with Crippen molar-refractivity contribution in [1.29, 1.82) is 0 Å². The first-order valence-electron chi connectivity index (χ1n) is 4.76. The van der Waals surface area contributed by atoms with Gasteiger partial charge in [-0.2, -0.15) is 4.98 Å². The zero-order chi connectivity index (χ0) is 10.1. The van der Waals surface area contributed by atoms with E-state index in [1.807, 2.05) is 0 Å². The molecule has 0 saturated carbocycles. The van der Waals surface area contributed by atoms with Gasteiger partial charge in [-0.05, 0) is 19.8 Å². The SMILES string of the molecule is CC(=O)N1CCCC1c1nc(C)no1. The van der Waals surface area contributed by atoms with E-state index in [0.717, 1.165) is 19.4 Å². The largest absolute Gasteiger partial charge is 0.337 e. The van der Waals surface area contributed by atoms with Crippen molar-refractivity contribution in [3.8, 4) is 0 Å². The van der Waals surface area contributed by atoms with Crippen molar-refractivity contribution in [3.05, 3.63) is 11.7 Å². The molecule has 1 aliphatic heterocycles. The third kappa shape index (κ3) is 1.49. The van der Waals surface area contributed by atoms with E-state index in [0.29, 0.717) is 11.7 Å². The number of likely N-dealkylation sites (tertiary alicyclic amines) is 1. The number of amides is 1. The van der Waals surface area contributed by atoms with Gasteiger partial charge < -0.3 is 9.42 Å². The lowest BCUT2D eigenvalue weighted by Crippen LogP contribution is -2.28. The van der Waals surface area contributed by atoms with E-state index >= 15 is 0 Å². The number of hydrogen-bond donors (Lipinski definition) is 0. The lowest BCUT2D eigenvalue weighted by atomic mass is 10.2. The minimum atomic E-state index is -0.00583. The van der Waals surface area contributed by atoms with Crippen LogP contribution in [0.2, 0.25) is 0 Å². The number of rotatable bonds is 1. The third-order valence-electron chi connectivity index (χ3n) is 2.49. The van der Waals surface area contributed by atoms with E-state index in [2.05, 4.69) is 10.1 Å². The van der Waals surface area contributed by atoms with Crippen LogP contribution in [0.5, 0.6) is 0 Å². The molecule has 1 aromatic heterocycles. The fraction of sp³-hybridized carbons (Fsp3) is 0.667. The van der Waals surface area contributed by atoms with E-state index in [-0.39, 0.29) is 11.9 Å². The normalized spacial score (nSPS) is 21.6. The summed E-state index contributed by atoms with van der Waals surface area (Å²) in [7, 11) is 0. The molecule has 1 amide bonds. The summed E-state index contributed by atoms with van der Waals surface area (Å²) >= 11 is 0. The summed E-state index contributed by atoms with van der Waals surface area (Å²) in [5, 5.41) is 3.73. The van der Waals surface area contributed by atoms with Gasteiger partial charge in [0.25, 0.3) is 0 Å². The number of aryl methyl sites for hydroxylation is 1. The summed E-state index contributed by atoms with van der Waals surface area (Å²) < 4.78 is 5.07. The highest BCUT2D eigenvalue weighted by Gasteiger charge is 2.31. The Bertz CT molecular complexity index is 348. The first-order valence-corrected chi connectivity index (χ1v) is 4.76. The molecule has 0 aromatic carbocycles.